The summed E-state index contributed by atoms with van der Waals surface area (Å²) in [4.78, 5) is 23.6. The van der Waals surface area contributed by atoms with Gasteiger partial charge in [0.1, 0.15) is 12.4 Å². The Bertz CT molecular complexity index is 747. The highest BCUT2D eigenvalue weighted by Crippen LogP contribution is 2.17. The molecule has 0 atom stereocenters. The zero-order chi connectivity index (χ0) is 19.5. The van der Waals surface area contributed by atoms with Crippen LogP contribution in [0.25, 0.3) is 0 Å². The number of anilines is 2. The van der Waals surface area contributed by atoms with E-state index in [0.29, 0.717) is 36.8 Å². The van der Waals surface area contributed by atoms with Crippen LogP contribution in [0.3, 0.4) is 0 Å². The van der Waals surface area contributed by atoms with Crippen LogP contribution in [0.15, 0.2) is 48.5 Å². The first-order valence-electron chi connectivity index (χ1n) is 8.79. The molecule has 2 rings (SSSR count). The highest BCUT2D eigenvalue weighted by atomic mass is 16.5. The Morgan fingerprint density at radius 2 is 1.78 bits per heavy atom. The fourth-order valence-electron chi connectivity index (χ4n) is 2.30. The van der Waals surface area contributed by atoms with Crippen LogP contribution in [-0.2, 0) is 9.53 Å². The SMILES string of the molecule is CCOCCOc1cccc(NCC(=O)Nc2ccc(C(=O)NC)cc2)c1. The lowest BCUT2D eigenvalue weighted by molar-refractivity contribution is -0.114. The molecule has 0 saturated heterocycles. The van der Waals surface area contributed by atoms with E-state index in [4.69, 9.17) is 9.47 Å². The molecule has 2 aromatic carbocycles. The Hall–Kier alpha value is -3.06. The summed E-state index contributed by atoms with van der Waals surface area (Å²) in [6, 6.07) is 14.1. The number of hydrogen-bond acceptors (Lipinski definition) is 5. The summed E-state index contributed by atoms with van der Waals surface area (Å²) in [5.41, 5.74) is 1.95. The molecule has 0 unspecified atom stereocenters. The van der Waals surface area contributed by atoms with E-state index in [1.165, 1.54) is 0 Å². The molecule has 144 valence electrons. The maximum absolute atomic E-state index is 12.1. The quantitative estimate of drug-likeness (QED) is 0.559. The second kappa shape index (κ2) is 10.8. The largest absolute Gasteiger partial charge is 0.491 e. The van der Waals surface area contributed by atoms with Crippen LogP contribution in [0.2, 0.25) is 0 Å². The van der Waals surface area contributed by atoms with Crippen molar-refractivity contribution in [3.05, 3.63) is 54.1 Å². The molecule has 0 aliphatic heterocycles. The van der Waals surface area contributed by atoms with Crippen molar-refractivity contribution in [1.82, 2.24) is 5.32 Å². The third kappa shape index (κ3) is 6.99. The molecule has 0 aliphatic carbocycles. The normalized spacial score (nSPS) is 10.1. The molecule has 0 fully saturated rings. The smallest absolute Gasteiger partial charge is 0.251 e. The lowest BCUT2D eigenvalue weighted by Gasteiger charge is -2.10. The Morgan fingerprint density at radius 1 is 1.00 bits per heavy atom. The van der Waals surface area contributed by atoms with Crippen molar-refractivity contribution in [2.45, 2.75) is 6.92 Å². The first-order chi connectivity index (χ1) is 13.1. The number of carbonyl (C=O) groups excluding carboxylic acids is 2. The van der Waals surface area contributed by atoms with E-state index in [2.05, 4.69) is 16.0 Å². The van der Waals surface area contributed by atoms with Crippen LogP contribution in [0.4, 0.5) is 11.4 Å². The number of benzene rings is 2. The van der Waals surface area contributed by atoms with E-state index < -0.39 is 0 Å². The Balaban J connectivity index is 1.80. The molecule has 0 saturated carbocycles. The van der Waals surface area contributed by atoms with Crippen LogP contribution in [0, 0.1) is 0 Å². The third-order valence-electron chi connectivity index (χ3n) is 3.65. The van der Waals surface area contributed by atoms with Gasteiger partial charge in [-0.3, -0.25) is 9.59 Å². The van der Waals surface area contributed by atoms with Gasteiger partial charge in [0.05, 0.1) is 13.2 Å². The van der Waals surface area contributed by atoms with E-state index in [1.807, 2.05) is 31.2 Å². The van der Waals surface area contributed by atoms with Crippen LogP contribution < -0.4 is 20.7 Å². The van der Waals surface area contributed by atoms with Gasteiger partial charge in [0, 0.05) is 36.7 Å². The average molecular weight is 371 g/mol. The first-order valence-corrected chi connectivity index (χ1v) is 8.79. The summed E-state index contributed by atoms with van der Waals surface area (Å²) in [5.74, 6) is 0.355. The fraction of sp³-hybridized carbons (Fsp3) is 0.300. The predicted octanol–water partition coefficient (Wildman–Crippen LogP) is 2.51. The van der Waals surface area contributed by atoms with Crippen molar-refractivity contribution in [2.75, 3.05) is 44.0 Å². The van der Waals surface area contributed by atoms with E-state index in [0.717, 1.165) is 5.69 Å². The molecule has 0 bridgehead atoms. The second-order valence-corrected chi connectivity index (χ2v) is 5.63. The van der Waals surface area contributed by atoms with Crippen molar-refractivity contribution < 1.29 is 19.1 Å². The van der Waals surface area contributed by atoms with Crippen molar-refractivity contribution >= 4 is 23.2 Å². The van der Waals surface area contributed by atoms with Gasteiger partial charge in [-0.25, -0.2) is 0 Å². The predicted molar refractivity (Wildman–Crippen MR) is 105 cm³/mol. The minimum atomic E-state index is -0.189. The average Bonchev–Trinajstić information content (AvgIpc) is 2.70. The number of amides is 2. The summed E-state index contributed by atoms with van der Waals surface area (Å²) in [5, 5.41) is 8.39. The number of nitrogens with one attached hydrogen (secondary N) is 3. The van der Waals surface area contributed by atoms with Gasteiger partial charge in [-0.15, -0.1) is 0 Å². The Labute approximate surface area is 159 Å². The van der Waals surface area contributed by atoms with E-state index >= 15 is 0 Å². The van der Waals surface area contributed by atoms with Crippen LogP contribution in [0.1, 0.15) is 17.3 Å². The molecule has 7 nitrogen and oxygen atoms in total. The number of rotatable bonds is 10. The molecular weight excluding hydrogens is 346 g/mol. The lowest BCUT2D eigenvalue weighted by Crippen LogP contribution is -2.22. The zero-order valence-corrected chi connectivity index (χ0v) is 15.6. The van der Waals surface area contributed by atoms with Crippen molar-refractivity contribution in [2.24, 2.45) is 0 Å². The molecule has 0 heterocycles. The van der Waals surface area contributed by atoms with Crippen molar-refractivity contribution in [1.29, 1.82) is 0 Å². The van der Waals surface area contributed by atoms with Gasteiger partial charge in [-0.05, 0) is 43.3 Å². The zero-order valence-electron chi connectivity index (χ0n) is 15.6. The van der Waals surface area contributed by atoms with Gasteiger partial charge in [0.15, 0.2) is 0 Å². The molecule has 0 spiro atoms. The molecule has 0 radical (unpaired) electrons. The maximum atomic E-state index is 12.1. The molecule has 7 heteroatoms. The first kappa shape index (κ1) is 20.3. The van der Waals surface area contributed by atoms with Crippen LogP contribution in [0.5, 0.6) is 5.75 Å². The molecule has 0 aliphatic rings. The Kier molecular flexibility index (Phi) is 8.12. The standard InChI is InChI=1S/C20H25N3O4/c1-3-26-11-12-27-18-6-4-5-17(13-18)22-14-19(24)23-16-9-7-15(8-10-16)20(25)21-2/h4-10,13,22H,3,11-12,14H2,1-2H3,(H,21,25)(H,23,24). The van der Waals surface area contributed by atoms with Crippen molar-refractivity contribution in [3.63, 3.8) is 0 Å². The van der Waals surface area contributed by atoms with Gasteiger partial charge < -0.3 is 25.4 Å². The van der Waals surface area contributed by atoms with Crippen molar-refractivity contribution in [3.8, 4) is 5.75 Å². The van der Waals surface area contributed by atoms with Gasteiger partial charge in [-0.2, -0.15) is 0 Å². The number of carbonyl (C=O) groups is 2. The maximum Gasteiger partial charge on any atom is 0.251 e. The van der Waals surface area contributed by atoms with E-state index in [1.54, 1.807) is 31.3 Å². The topological polar surface area (TPSA) is 88.7 Å². The Morgan fingerprint density at radius 3 is 2.48 bits per heavy atom. The monoisotopic (exact) mass is 371 g/mol. The van der Waals surface area contributed by atoms with Gasteiger partial charge in [0.2, 0.25) is 5.91 Å². The number of ether oxygens (including phenoxy) is 2. The molecule has 0 aromatic heterocycles. The highest BCUT2D eigenvalue weighted by Gasteiger charge is 2.06. The molecule has 27 heavy (non-hydrogen) atoms. The lowest BCUT2D eigenvalue weighted by atomic mass is 10.2. The number of hydrogen-bond donors (Lipinski definition) is 3. The van der Waals surface area contributed by atoms with Crippen LogP contribution in [-0.4, -0.2) is 45.2 Å². The molecule has 3 N–H and O–H groups in total. The van der Waals surface area contributed by atoms with Gasteiger partial charge in [-0.1, -0.05) is 6.07 Å². The summed E-state index contributed by atoms with van der Waals surface area (Å²) in [7, 11) is 1.57. The summed E-state index contributed by atoms with van der Waals surface area (Å²) in [6.45, 7) is 3.72. The van der Waals surface area contributed by atoms with Gasteiger partial charge in [0.25, 0.3) is 5.91 Å². The fourth-order valence-corrected chi connectivity index (χ4v) is 2.30. The van der Waals surface area contributed by atoms with E-state index in [9.17, 15) is 9.59 Å². The van der Waals surface area contributed by atoms with Crippen LogP contribution >= 0.6 is 0 Å². The molecule has 2 amide bonds. The summed E-state index contributed by atoms with van der Waals surface area (Å²) < 4.78 is 10.8. The van der Waals surface area contributed by atoms with Gasteiger partial charge >= 0.3 is 0 Å². The molecular formula is C20H25N3O4. The third-order valence-corrected chi connectivity index (χ3v) is 3.65. The highest BCUT2D eigenvalue weighted by molar-refractivity contribution is 5.96. The summed E-state index contributed by atoms with van der Waals surface area (Å²) in [6.07, 6.45) is 0. The minimum Gasteiger partial charge on any atom is -0.491 e. The molecule has 2 aromatic rings. The second-order valence-electron chi connectivity index (χ2n) is 5.63. The summed E-state index contributed by atoms with van der Waals surface area (Å²) >= 11 is 0. The van der Waals surface area contributed by atoms with E-state index in [-0.39, 0.29) is 18.4 Å². The minimum absolute atomic E-state index is 0.111.